The number of aromatic nitrogens is 4. The van der Waals surface area contributed by atoms with Crippen molar-refractivity contribution >= 4 is 56.2 Å². The van der Waals surface area contributed by atoms with E-state index in [2.05, 4.69) is 25.7 Å². The first-order chi connectivity index (χ1) is 19.8. The minimum absolute atomic E-state index is 0.0620. The predicted octanol–water partition coefficient (Wildman–Crippen LogP) is -3.10. The highest BCUT2D eigenvalue weighted by molar-refractivity contribution is 7.84. The molecule has 10 N–H and O–H groups in total. The van der Waals surface area contributed by atoms with E-state index in [0.29, 0.717) is 25.2 Å². The van der Waals surface area contributed by atoms with E-state index in [1.165, 1.54) is 16.5 Å². The zero-order valence-electron chi connectivity index (χ0n) is 21.8. The van der Waals surface area contributed by atoms with Crippen LogP contribution in [0.3, 0.4) is 0 Å². The number of nitrogens with two attached hydrogens (primary N) is 3. The smallest absolute Gasteiger partial charge is 0.362 e. The maximum absolute atomic E-state index is 13.2. The van der Waals surface area contributed by atoms with Crippen LogP contribution in [0.2, 0.25) is 0 Å². The second kappa shape index (κ2) is 11.8. The van der Waals surface area contributed by atoms with Crippen LogP contribution >= 0.6 is 11.3 Å². The van der Waals surface area contributed by atoms with Crippen molar-refractivity contribution in [3.63, 3.8) is 0 Å². The number of nitrogen functional groups attached to an aromatic ring is 1. The van der Waals surface area contributed by atoms with Crippen molar-refractivity contribution < 1.29 is 37.3 Å². The SMILES string of the molecule is N=C(N)N(CCCN)Cc1cnn(CC2C(NC(=O)C(=NOC3(C(=O)O)CC3)c3csc(N)n3)C(=O)N2S(=O)(=O)O)n1. The van der Waals surface area contributed by atoms with Gasteiger partial charge >= 0.3 is 16.3 Å². The topological polar surface area (TPSA) is 311 Å². The molecule has 228 valence electrons. The number of carboxylic acids is 1. The Morgan fingerprint density at radius 1 is 1.38 bits per heavy atom. The zero-order chi connectivity index (χ0) is 30.8. The van der Waals surface area contributed by atoms with E-state index in [1.807, 2.05) is 0 Å². The number of amides is 2. The number of anilines is 1. The summed E-state index contributed by atoms with van der Waals surface area (Å²) in [5.74, 6) is -3.71. The van der Waals surface area contributed by atoms with Crippen LogP contribution in [0.5, 0.6) is 0 Å². The van der Waals surface area contributed by atoms with Crippen LogP contribution < -0.4 is 22.5 Å². The number of rotatable bonds is 14. The third-order valence-electron chi connectivity index (χ3n) is 6.35. The fourth-order valence-electron chi connectivity index (χ4n) is 3.97. The molecule has 1 saturated heterocycles. The van der Waals surface area contributed by atoms with Crippen molar-refractivity contribution in [2.75, 3.05) is 18.8 Å². The number of carbonyl (C=O) groups excluding carboxylic acids is 2. The van der Waals surface area contributed by atoms with Crippen molar-refractivity contribution in [2.45, 2.75) is 50.0 Å². The van der Waals surface area contributed by atoms with E-state index in [1.54, 1.807) is 0 Å². The van der Waals surface area contributed by atoms with E-state index in [9.17, 15) is 32.5 Å². The first-order valence-corrected chi connectivity index (χ1v) is 14.5. The van der Waals surface area contributed by atoms with Crippen molar-refractivity contribution in [1.29, 1.82) is 5.41 Å². The number of carbonyl (C=O) groups is 3. The molecule has 4 rings (SSSR count). The van der Waals surface area contributed by atoms with E-state index >= 15 is 0 Å². The summed E-state index contributed by atoms with van der Waals surface area (Å²) in [6.45, 7) is 0.468. The molecule has 2 fully saturated rings. The lowest BCUT2D eigenvalue weighted by atomic mass is 9.98. The van der Waals surface area contributed by atoms with Gasteiger partial charge in [0.05, 0.1) is 19.3 Å². The normalized spacial score (nSPS) is 19.6. The maximum Gasteiger partial charge on any atom is 0.362 e. The van der Waals surface area contributed by atoms with Gasteiger partial charge in [0, 0.05) is 24.8 Å². The van der Waals surface area contributed by atoms with Gasteiger partial charge in [-0.3, -0.25) is 19.6 Å². The van der Waals surface area contributed by atoms with Crippen LogP contribution in [-0.4, -0.2) is 107 Å². The highest BCUT2D eigenvalue weighted by atomic mass is 32.2. The second-order valence-corrected chi connectivity index (χ2v) is 11.6. The number of nitrogens with one attached hydrogen (secondary N) is 2. The molecule has 2 aromatic rings. The molecule has 1 aliphatic carbocycles. The number of guanidine groups is 1. The number of hydrogen-bond donors (Lipinski definition) is 7. The fraction of sp³-hybridized carbons (Fsp3) is 0.500. The highest BCUT2D eigenvalue weighted by Gasteiger charge is 2.56. The molecule has 2 aliphatic rings. The fourth-order valence-corrected chi connectivity index (χ4v) is 5.38. The summed E-state index contributed by atoms with van der Waals surface area (Å²) in [7, 11) is -5.04. The van der Waals surface area contributed by atoms with Gasteiger partial charge in [-0.05, 0) is 13.0 Å². The minimum atomic E-state index is -5.04. The van der Waals surface area contributed by atoms with Crippen LogP contribution in [0.15, 0.2) is 16.7 Å². The van der Waals surface area contributed by atoms with Gasteiger partial charge in [-0.1, -0.05) is 5.16 Å². The Bertz CT molecular complexity index is 1520. The van der Waals surface area contributed by atoms with Crippen molar-refractivity contribution in [2.24, 2.45) is 16.6 Å². The Labute approximate surface area is 241 Å². The predicted molar refractivity (Wildman–Crippen MR) is 144 cm³/mol. The maximum atomic E-state index is 13.2. The number of aliphatic carboxylic acids is 1. The number of hydrogen-bond acceptors (Lipinski definition) is 14. The molecule has 0 bridgehead atoms. The van der Waals surface area contributed by atoms with Crippen LogP contribution in [0, 0.1) is 5.41 Å². The molecule has 2 unspecified atom stereocenters. The molecule has 3 heterocycles. The summed E-state index contributed by atoms with van der Waals surface area (Å²) in [6, 6.07) is -2.86. The lowest BCUT2D eigenvalue weighted by Crippen LogP contribution is -2.73. The van der Waals surface area contributed by atoms with Gasteiger partial charge in [0.25, 0.3) is 11.8 Å². The van der Waals surface area contributed by atoms with Crippen LogP contribution in [0.4, 0.5) is 5.13 Å². The van der Waals surface area contributed by atoms with E-state index < -0.39 is 51.5 Å². The highest BCUT2D eigenvalue weighted by Crippen LogP contribution is 2.40. The van der Waals surface area contributed by atoms with Crippen LogP contribution in [0.1, 0.15) is 30.7 Å². The Morgan fingerprint density at radius 2 is 2.10 bits per heavy atom. The van der Waals surface area contributed by atoms with Gasteiger partial charge in [0.1, 0.15) is 23.5 Å². The lowest BCUT2D eigenvalue weighted by Gasteiger charge is -2.43. The average molecular weight is 629 g/mol. The number of β-lactam (4-membered cyclic amide) rings is 1. The molecular weight excluding hydrogens is 600 g/mol. The minimum Gasteiger partial charge on any atom is -0.478 e. The summed E-state index contributed by atoms with van der Waals surface area (Å²) in [4.78, 5) is 49.1. The van der Waals surface area contributed by atoms with Crippen molar-refractivity contribution in [3.05, 3.63) is 23.0 Å². The molecule has 42 heavy (non-hydrogen) atoms. The number of carboxylic acid groups (broad SMARTS) is 1. The summed E-state index contributed by atoms with van der Waals surface area (Å²) in [6.07, 6.45) is 2.21. The average Bonchev–Trinajstić information content (AvgIpc) is 3.38. The zero-order valence-corrected chi connectivity index (χ0v) is 23.4. The Kier molecular flexibility index (Phi) is 8.60. The summed E-state index contributed by atoms with van der Waals surface area (Å²) < 4.78 is 33.7. The van der Waals surface area contributed by atoms with E-state index in [-0.39, 0.29) is 47.0 Å². The van der Waals surface area contributed by atoms with E-state index in [0.717, 1.165) is 16.1 Å². The van der Waals surface area contributed by atoms with E-state index in [4.69, 9.17) is 27.4 Å². The largest absolute Gasteiger partial charge is 0.478 e. The monoisotopic (exact) mass is 628 g/mol. The van der Waals surface area contributed by atoms with Gasteiger partial charge in [-0.15, -0.1) is 11.3 Å². The molecule has 1 saturated carbocycles. The molecule has 2 amide bonds. The Morgan fingerprint density at radius 3 is 2.64 bits per heavy atom. The Hall–Kier alpha value is -4.41. The number of thiazole rings is 1. The van der Waals surface area contributed by atoms with Crippen LogP contribution in [-0.2, 0) is 42.6 Å². The molecule has 2 aromatic heterocycles. The van der Waals surface area contributed by atoms with Gasteiger partial charge < -0.3 is 37.4 Å². The molecule has 22 heteroatoms. The van der Waals surface area contributed by atoms with Crippen molar-refractivity contribution in [1.82, 2.24) is 34.5 Å². The molecule has 20 nitrogen and oxygen atoms in total. The third-order valence-corrected chi connectivity index (χ3v) is 7.97. The summed E-state index contributed by atoms with van der Waals surface area (Å²) >= 11 is 0.959. The molecule has 2 atom stereocenters. The van der Waals surface area contributed by atoms with Gasteiger partial charge in [0.15, 0.2) is 16.8 Å². The molecular formula is C20H28N12O8S2. The molecule has 0 radical (unpaired) electrons. The first kappa shape index (κ1) is 30.5. The number of oxime groups is 1. The first-order valence-electron chi connectivity index (χ1n) is 12.3. The summed E-state index contributed by atoms with van der Waals surface area (Å²) in [5.41, 5.74) is 14.9. The Balaban J connectivity index is 1.53. The van der Waals surface area contributed by atoms with Crippen molar-refractivity contribution in [3.8, 4) is 0 Å². The standard InChI is InChI=1S/C20H28N12O8S2/c21-4-1-5-30(18(22)23)7-10-6-25-31(28-10)8-12-14(16(34)32(12)42(37,38)39)27-15(33)13(11-9-41-19(24)26-11)29-40-20(2-3-20)17(35)36/h6,9,12,14H,1-5,7-8,21H2,(H3,22,23)(H2,24,26)(H,27,33)(H,35,36)(H,37,38,39). The van der Waals surface area contributed by atoms with Crippen LogP contribution in [0.25, 0.3) is 0 Å². The van der Waals surface area contributed by atoms with Gasteiger partial charge in [-0.2, -0.15) is 23.4 Å². The number of nitrogens with zero attached hydrogens (tertiary/aromatic N) is 7. The third kappa shape index (κ3) is 6.56. The second-order valence-electron chi connectivity index (χ2n) is 9.37. The van der Waals surface area contributed by atoms with Gasteiger partial charge in [-0.25, -0.2) is 14.1 Å². The molecule has 0 aromatic carbocycles. The summed E-state index contributed by atoms with van der Waals surface area (Å²) in [5, 5.41) is 32.8. The lowest BCUT2D eigenvalue weighted by molar-refractivity contribution is -0.153. The van der Waals surface area contributed by atoms with Gasteiger partial charge in [0.2, 0.25) is 5.60 Å². The molecule has 1 aliphatic heterocycles. The quantitative estimate of drug-likeness (QED) is 0.0358. The molecule has 0 spiro atoms.